The maximum atomic E-state index is 5.14. The van der Waals surface area contributed by atoms with Gasteiger partial charge in [-0.15, -0.1) is 0 Å². The van der Waals surface area contributed by atoms with E-state index in [2.05, 4.69) is 17.1 Å². The van der Waals surface area contributed by atoms with Crippen molar-refractivity contribution in [2.45, 2.75) is 38.6 Å². The molecule has 0 bridgehead atoms. The van der Waals surface area contributed by atoms with Gasteiger partial charge in [-0.05, 0) is 45.3 Å². The zero-order valence-corrected chi connectivity index (χ0v) is 10.3. The molecule has 0 heterocycles. The predicted octanol–water partition coefficient (Wildman–Crippen LogP) is 1.49. The third kappa shape index (κ3) is 6.13. The molecule has 1 aliphatic carbocycles. The zero-order chi connectivity index (χ0) is 10.9. The molecule has 0 aliphatic heterocycles. The maximum Gasteiger partial charge on any atom is 0.0589 e. The number of nitrogens with one attached hydrogen (secondary N) is 1. The molecule has 0 radical (unpaired) electrons. The molecule has 1 saturated carbocycles. The van der Waals surface area contributed by atoms with Gasteiger partial charge in [0.2, 0.25) is 0 Å². The number of hydrogen-bond donors (Lipinski definition) is 1. The summed E-state index contributed by atoms with van der Waals surface area (Å²) in [4.78, 5) is 2.58. The van der Waals surface area contributed by atoms with Crippen LogP contribution in [0.5, 0.6) is 0 Å². The van der Waals surface area contributed by atoms with Gasteiger partial charge >= 0.3 is 0 Å². The smallest absolute Gasteiger partial charge is 0.0589 e. The van der Waals surface area contributed by atoms with Crippen LogP contribution in [0.3, 0.4) is 0 Å². The molecule has 3 heteroatoms. The average Bonchev–Trinajstić information content (AvgIpc) is 3.06. The summed E-state index contributed by atoms with van der Waals surface area (Å²) in [6.45, 7) is 7.73. The fourth-order valence-corrected chi connectivity index (χ4v) is 1.83. The van der Waals surface area contributed by atoms with Gasteiger partial charge in [-0.1, -0.05) is 6.92 Å². The minimum Gasteiger partial charge on any atom is -0.383 e. The molecule has 0 aromatic carbocycles. The van der Waals surface area contributed by atoms with Crippen molar-refractivity contribution in [3.05, 3.63) is 0 Å². The second-order valence-electron chi connectivity index (χ2n) is 4.36. The van der Waals surface area contributed by atoms with Gasteiger partial charge in [0.05, 0.1) is 6.61 Å². The van der Waals surface area contributed by atoms with Crippen molar-refractivity contribution < 1.29 is 4.74 Å². The standard InChI is InChI=1S/C12H26N2O/c1-3-7-13-8-4-9-14(10-11-15-2)12-5-6-12/h12-13H,3-11H2,1-2H3. The lowest BCUT2D eigenvalue weighted by Gasteiger charge is -2.21. The summed E-state index contributed by atoms with van der Waals surface area (Å²) < 4.78 is 5.14. The summed E-state index contributed by atoms with van der Waals surface area (Å²) in [5.74, 6) is 0. The number of rotatable bonds is 10. The highest BCUT2D eigenvalue weighted by molar-refractivity contribution is 4.84. The summed E-state index contributed by atoms with van der Waals surface area (Å²) in [7, 11) is 1.79. The Morgan fingerprint density at radius 3 is 2.67 bits per heavy atom. The van der Waals surface area contributed by atoms with Crippen LogP contribution < -0.4 is 5.32 Å². The highest BCUT2D eigenvalue weighted by Gasteiger charge is 2.27. The summed E-state index contributed by atoms with van der Waals surface area (Å²) >= 11 is 0. The van der Waals surface area contributed by atoms with Gasteiger partial charge in [-0.2, -0.15) is 0 Å². The van der Waals surface area contributed by atoms with Gasteiger partial charge in [-0.3, -0.25) is 4.90 Å². The van der Waals surface area contributed by atoms with Gasteiger partial charge in [0, 0.05) is 19.7 Å². The Morgan fingerprint density at radius 2 is 2.07 bits per heavy atom. The molecule has 15 heavy (non-hydrogen) atoms. The lowest BCUT2D eigenvalue weighted by molar-refractivity contribution is 0.142. The highest BCUT2D eigenvalue weighted by Crippen LogP contribution is 2.26. The molecule has 1 fully saturated rings. The summed E-state index contributed by atoms with van der Waals surface area (Å²) in [5.41, 5.74) is 0. The van der Waals surface area contributed by atoms with Gasteiger partial charge in [0.25, 0.3) is 0 Å². The van der Waals surface area contributed by atoms with E-state index in [9.17, 15) is 0 Å². The van der Waals surface area contributed by atoms with Crippen LogP contribution in [-0.2, 0) is 4.74 Å². The molecule has 1 aliphatic rings. The van der Waals surface area contributed by atoms with Crippen LogP contribution >= 0.6 is 0 Å². The Bertz CT molecular complexity index is 149. The van der Waals surface area contributed by atoms with E-state index in [-0.39, 0.29) is 0 Å². The van der Waals surface area contributed by atoms with Crippen LogP contribution in [0.1, 0.15) is 32.6 Å². The molecule has 0 amide bonds. The number of ether oxygens (including phenoxy) is 1. The lowest BCUT2D eigenvalue weighted by atomic mass is 10.3. The van der Waals surface area contributed by atoms with Gasteiger partial charge < -0.3 is 10.1 Å². The van der Waals surface area contributed by atoms with Crippen molar-refractivity contribution in [2.24, 2.45) is 0 Å². The van der Waals surface area contributed by atoms with Crippen LogP contribution in [-0.4, -0.2) is 50.8 Å². The molecule has 0 unspecified atom stereocenters. The van der Waals surface area contributed by atoms with Crippen LogP contribution in [0.2, 0.25) is 0 Å². The Labute approximate surface area is 94.2 Å². The molecule has 0 aromatic heterocycles. The predicted molar refractivity (Wildman–Crippen MR) is 64.2 cm³/mol. The number of hydrogen-bond acceptors (Lipinski definition) is 3. The molecule has 1 N–H and O–H groups in total. The van der Waals surface area contributed by atoms with E-state index in [1.165, 1.54) is 32.2 Å². The third-order valence-corrected chi connectivity index (χ3v) is 2.87. The van der Waals surface area contributed by atoms with E-state index in [1.807, 2.05) is 0 Å². The van der Waals surface area contributed by atoms with Crippen molar-refractivity contribution in [1.82, 2.24) is 10.2 Å². The first-order chi connectivity index (χ1) is 7.38. The topological polar surface area (TPSA) is 24.5 Å². The minimum absolute atomic E-state index is 0.867. The van der Waals surface area contributed by atoms with Gasteiger partial charge in [0.15, 0.2) is 0 Å². The summed E-state index contributed by atoms with van der Waals surface area (Å²) in [6, 6.07) is 0.867. The molecular weight excluding hydrogens is 188 g/mol. The molecule has 90 valence electrons. The van der Waals surface area contributed by atoms with E-state index in [0.29, 0.717) is 0 Å². The fourth-order valence-electron chi connectivity index (χ4n) is 1.83. The van der Waals surface area contributed by atoms with Crippen molar-refractivity contribution in [3.63, 3.8) is 0 Å². The summed E-state index contributed by atoms with van der Waals surface area (Å²) in [5, 5.41) is 3.45. The highest BCUT2D eigenvalue weighted by atomic mass is 16.5. The monoisotopic (exact) mass is 214 g/mol. The van der Waals surface area contributed by atoms with Crippen molar-refractivity contribution in [1.29, 1.82) is 0 Å². The SMILES string of the molecule is CCCNCCCN(CCOC)C1CC1. The first-order valence-corrected chi connectivity index (χ1v) is 6.32. The Balaban J connectivity index is 1.98. The molecule has 0 atom stereocenters. The van der Waals surface area contributed by atoms with Crippen LogP contribution in [0, 0.1) is 0 Å². The van der Waals surface area contributed by atoms with E-state index < -0.39 is 0 Å². The number of methoxy groups -OCH3 is 1. The van der Waals surface area contributed by atoms with Crippen LogP contribution in [0.4, 0.5) is 0 Å². The molecule has 0 aromatic rings. The molecular formula is C12H26N2O. The largest absolute Gasteiger partial charge is 0.383 e. The van der Waals surface area contributed by atoms with Crippen molar-refractivity contribution in [3.8, 4) is 0 Å². The molecule has 0 saturated heterocycles. The molecule has 0 spiro atoms. The lowest BCUT2D eigenvalue weighted by Crippen LogP contribution is -2.32. The quantitative estimate of drug-likeness (QED) is 0.558. The second-order valence-corrected chi connectivity index (χ2v) is 4.36. The average molecular weight is 214 g/mol. The number of nitrogens with zero attached hydrogens (tertiary/aromatic N) is 1. The van der Waals surface area contributed by atoms with E-state index >= 15 is 0 Å². The molecule has 1 rings (SSSR count). The first kappa shape index (κ1) is 12.9. The Morgan fingerprint density at radius 1 is 1.27 bits per heavy atom. The van der Waals surface area contributed by atoms with Crippen molar-refractivity contribution in [2.75, 3.05) is 39.9 Å². The maximum absolute atomic E-state index is 5.14. The van der Waals surface area contributed by atoms with Crippen molar-refractivity contribution >= 4 is 0 Å². The minimum atomic E-state index is 0.867. The summed E-state index contributed by atoms with van der Waals surface area (Å²) in [6.07, 6.45) is 5.29. The normalized spacial score (nSPS) is 16.2. The molecule has 3 nitrogen and oxygen atoms in total. The van der Waals surface area contributed by atoms with Crippen LogP contribution in [0.15, 0.2) is 0 Å². The Hall–Kier alpha value is -0.120. The van der Waals surface area contributed by atoms with Gasteiger partial charge in [0.1, 0.15) is 0 Å². The fraction of sp³-hybridized carbons (Fsp3) is 1.00. The van der Waals surface area contributed by atoms with E-state index in [0.717, 1.165) is 32.3 Å². The zero-order valence-electron chi connectivity index (χ0n) is 10.3. The van der Waals surface area contributed by atoms with Crippen LogP contribution in [0.25, 0.3) is 0 Å². The second kappa shape index (κ2) is 8.08. The first-order valence-electron chi connectivity index (χ1n) is 6.32. The Kier molecular flexibility index (Phi) is 6.98. The van der Waals surface area contributed by atoms with E-state index in [1.54, 1.807) is 7.11 Å². The third-order valence-electron chi connectivity index (χ3n) is 2.87. The van der Waals surface area contributed by atoms with E-state index in [4.69, 9.17) is 4.74 Å². The van der Waals surface area contributed by atoms with Gasteiger partial charge in [-0.25, -0.2) is 0 Å².